The first kappa shape index (κ1) is 16.9. The number of para-hydroxylation sites is 2. The van der Waals surface area contributed by atoms with E-state index in [1.807, 2.05) is 42.5 Å². The van der Waals surface area contributed by atoms with Crippen LogP contribution in [0.2, 0.25) is 0 Å². The van der Waals surface area contributed by atoms with E-state index in [4.69, 9.17) is 9.47 Å². The van der Waals surface area contributed by atoms with E-state index in [1.165, 1.54) is 21.4 Å². The van der Waals surface area contributed by atoms with Crippen LogP contribution in [0.25, 0.3) is 11.0 Å². The van der Waals surface area contributed by atoms with Crippen molar-refractivity contribution in [2.24, 2.45) is 0 Å². The summed E-state index contributed by atoms with van der Waals surface area (Å²) in [6, 6.07) is 15.7. The Bertz CT molecular complexity index is 1260. The highest BCUT2D eigenvalue weighted by atomic mass is 32.1. The predicted molar refractivity (Wildman–Crippen MR) is 107 cm³/mol. The number of aromatic nitrogens is 3. The third-order valence-electron chi connectivity index (χ3n) is 4.68. The number of thiazole rings is 1. The molecule has 4 aromatic rings. The fourth-order valence-electron chi connectivity index (χ4n) is 3.13. The van der Waals surface area contributed by atoms with Crippen molar-refractivity contribution in [1.29, 1.82) is 0 Å². The monoisotopic (exact) mass is 391 g/mol. The van der Waals surface area contributed by atoms with Crippen LogP contribution < -0.4 is 19.6 Å². The molecule has 0 saturated heterocycles. The Labute approximate surface area is 164 Å². The Kier molecular flexibility index (Phi) is 4.09. The first-order valence-electron chi connectivity index (χ1n) is 9.10. The summed E-state index contributed by atoms with van der Waals surface area (Å²) in [7, 11) is 0. The number of rotatable bonds is 3. The minimum Gasteiger partial charge on any atom is -0.485 e. The van der Waals surface area contributed by atoms with Gasteiger partial charge in [0.05, 0.1) is 4.53 Å². The zero-order valence-corrected chi connectivity index (χ0v) is 16.0. The molecule has 0 fully saturated rings. The second-order valence-electron chi connectivity index (χ2n) is 6.54. The lowest BCUT2D eigenvalue weighted by molar-refractivity contribution is 0.0852. The van der Waals surface area contributed by atoms with E-state index in [-0.39, 0.29) is 5.56 Å². The van der Waals surface area contributed by atoms with E-state index in [1.54, 1.807) is 0 Å². The van der Waals surface area contributed by atoms with Crippen molar-refractivity contribution < 1.29 is 9.47 Å². The van der Waals surface area contributed by atoms with Gasteiger partial charge in [-0.3, -0.25) is 4.79 Å². The quantitative estimate of drug-likeness (QED) is 0.537. The van der Waals surface area contributed by atoms with Gasteiger partial charge in [0.15, 0.2) is 23.4 Å². The minimum absolute atomic E-state index is 0.171. The Balaban J connectivity index is 1.47. The maximum absolute atomic E-state index is 12.7. The zero-order valence-electron chi connectivity index (χ0n) is 15.2. The molecule has 1 aliphatic rings. The van der Waals surface area contributed by atoms with Gasteiger partial charge in [-0.25, -0.2) is 0 Å². The van der Waals surface area contributed by atoms with Crippen LogP contribution in [0.15, 0.2) is 53.3 Å². The van der Waals surface area contributed by atoms with Gasteiger partial charge in [-0.15, -0.1) is 5.10 Å². The first-order chi connectivity index (χ1) is 13.7. The molecule has 1 atom stereocenters. The fraction of sp³-hybridized carbons (Fsp3) is 0.190. The van der Waals surface area contributed by atoms with E-state index < -0.39 is 6.10 Å². The van der Waals surface area contributed by atoms with Crippen LogP contribution in [0.3, 0.4) is 0 Å². The van der Waals surface area contributed by atoms with Crippen molar-refractivity contribution in [3.63, 3.8) is 0 Å². The van der Waals surface area contributed by atoms with Crippen LogP contribution in [0.5, 0.6) is 11.5 Å². The summed E-state index contributed by atoms with van der Waals surface area (Å²) in [4.78, 5) is 17.8. The highest BCUT2D eigenvalue weighted by Gasteiger charge is 2.26. The van der Waals surface area contributed by atoms with Crippen molar-refractivity contribution in [2.75, 3.05) is 6.61 Å². The molecule has 0 amide bonds. The molecule has 7 heteroatoms. The first-order valence-corrected chi connectivity index (χ1v) is 9.91. The number of fused-ring (bicyclic) bond motifs is 2. The van der Waals surface area contributed by atoms with E-state index in [9.17, 15) is 4.79 Å². The van der Waals surface area contributed by atoms with Crippen molar-refractivity contribution >= 4 is 22.4 Å². The lowest BCUT2D eigenvalue weighted by atomic mass is 10.1. The number of aryl methyl sites for hydroxylation is 1. The van der Waals surface area contributed by atoms with E-state index >= 15 is 0 Å². The van der Waals surface area contributed by atoms with Crippen LogP contribution in [0, 0.1) is 0 Å². The molecule has 28 heavy (non-hydrogen) atoms. The summed E-state index contributed by atoms with van der Waals surface area (Å²) in [5.41, 5.74) is 2.08. The van der Waals surface area contributed by atoms with Crippen molar-refractivity contribution in [3.8, 4) is 11.5 Å². The van der Waals surface area contributed by atoms with Crippen molar-refractivity contribution in [3.05, 3.63) is 80.4 Å². The molecular formula is C21H17N3O3S. The molecule has 140 valence electrons. The Morgan fingerprint density at radius 3 is 2.71 bits per heavy atom. The fourth-order valence-corrected chi connectivity index (χ4v) is 4.05. The van der Waals surface area contributed by atoms with Gasteiger partial charge in [0.2, 0.25) is 4.96 Å². The summed E-state index contributed by atoms with van der Waals surface area (Å²) < 4.78 is 13.6. The normalized spacial score (nSPS) is 16.6. The number of benzene rings is 2. The molecule has 0 N–H and O–H groups in total. The average molecular weight is 391 g/mol. The Morgan fingerprint density at radius 1 is 1.18 bits per heavy atom. The summed E-state index contributed by atoms with van der Waals surface area (Å²) in [5.74, 6) is 1.82. The van der Waals surface area contributed by atoms with Gasteiger partial charge in [-0.2, -0.15) is 9.50 Å². The number of nitrogens with zero attached hydrogens (tertiary/aromatic N) is 3. The van der Waals surface area contributed by atoms with Crippen LogP contribution in [0.4, 0.5) is 0 Å². The summed E-state index contributed by atoms with van der Waals surface area (Å²) in [6.45, 7) is 2.43. The lowest BCUT2D eigenvalue weighted by Gasteiger charge is -2.24. The predicted octanol–water partition coefficient (Wildman–Crippen LogP) is 2.77. The maximum Gasteiger partial charge on any atom is 0.291 e. The average Bonchev–Trinajstić information content (AvgIpc) is 3.28. The molecule has 5 rings (SSSR count). The maximum atomic E-state index is 12.7. The molecule has 0 unspecified atom stereocenters. The van der Waals surface area contributed by atoms with E-state index in [0.29, 0.717) is 33.4 Å². The second kappa shape index (κ2) is 6.76. The molecule has 0 spiro atoms. The Hall–Kier alpha value is -3.19. The van der Waals surface area contributed by atoms with Crippen molar-refractivity contribution in [2.45, 2.75) is 19.4 Å². The van der Waals surface area contributed by atoms with Crippen LogP contribution >= 0.6 is 11.3 Å². The summed E-state index contributed by atoms with van der Waals surface area (Å²) >= 11 is 1.32. The van der Waals surface area contributed by atoms with Gasteiger partial charge in [0, 0.05) is 0 Å². The largest absolute Gasteiger partial charge is 0.485 e. The number of hydrogen-bond acceptors (Lipinski definition) is 6. The van der Waals surface area contributed by atoms with Gasteiger partial charge in [-0.1, -0.05) is 54.7 Å². The van der Waals surface area contributed by atoms with Gasteiger partial charge in [-0.05, 0) is 35.8 Å². The van der Waals surface area contributed by atoms with E-state index in [2.05, 4.69) is 29.1 Å². The smallest absolute Gasteiger partial charge is 0.291 e. The lowest BCUT2D eigenvalue weighted by Crippen LogP contribution is -2.26. The number of ether oxygens (including phenoxy) is 2. The number of hydrogen-bond donors (Lipinski definition) is 0. The van der Waals surface area contributed by atoms with Crippen LogP contribution in [-0.4, -0.2) is 21.2 Å². The summed E-state index contributed by atoms with van der Waals surface area (Å²) in [6.07, 6.45) is 2.43. The highest BCUT2D eigenvalue weighted by Crippen LogP contribution is 2.35. The molecule has 6 nitrogen and oxygen atoms in total. The Morgan fingerprint density at radius 2 is 1.96 bits per heavy atom. The molecule has 2 aromatic carbocycles. The van der Waals surface area contributed by atoms with Crippen LogP contribution in [-0.2, 0) is 6.42 Å². The SMILES string of the molecule is CCc1ccc(/C=c2/sc3nc([C@@H]4COc5ccccc5O4)nn3c2=O)cc1. The molecule has 0 saturated carbocycles. The molecule has 0 aliphatic carbocycles. The molecule has 3 heterocycles. The van der Waals surface area contributed by atoms with Gasteiger partial charge in [0.1, 0.15) is 6.61 Å². The zero-order chi connectivity index (χ0) is 19.1. The standard InChI is InChI=1S/C21H17N3O3S/c1-2-13-7-9-14(10-8-13)11-18-20(25)24-21(28-18)22-19(23-24)17-12-26-15-5-3-4-6-16(15)27-17/h3-11,17H,2,12H2,1H3/b18-11+/t17-/m0/s1. The van der Waals surface area contributed by atoms with Crippen molar-refractivity contribution in [1.82, 2.24) is 14.6 Å². The minimum atomic E-state index is -0.435. The molecule has 1 aliphatic heterocycles. The molecule has 0 bridgehead atoms. The van der Waals surface area contributed by atoms with Gasteiger partial charge in [0.25, 0.3) is 5.56 Å². The van der Waals surface area contributed by atoms with Gasteiger partial charge < -0.3 is 9.47 Å². The molecule has 2 aromatic heterocycles. The van der Waals surface area contributed by atoms with Gasteiger partial charge >= 0.3 is 0 Å². The second-order valence-corrected chi connectivity index (χ2v) is 7.55. The molecule has 0 radical (unpaired) electrons. The summed E-state index contributed by atoms with van der Waals surface area (Å²) in [5, 5.41) is 4.38. The molecular weight excluding hydrogens is 374 g/mol. The van der Waals surface area contributed by atoms with E-state index in [0.717, 1.165) is 12.0 Å². The highest BCUT2D eigenvalue weighted by molar-refractivity contribution is 7.15. The topological polar surface area (TPSA) is 65.7 Å². The van der Waals surface area contributed by atoms with Crippen LogP contribution in [0.1, 0.15) is 30.0 Å². The third-order valence-corrected chi connectivity index (χ3v) is 5.64. The third kappa shape index (κ3) is 2.93.